The summed E-state index contributed by atoms with van der Waals surface area (Å²) >= 11 is 0. The van der Waals surface area contributed by atoms with Crippen LogP contribution in [0.25, 0.3) is 0 Å². The summed E-state index contributed by atoms with van der Waals surface area (Å²) in [6.45, 7) is 7.38. The molecule has 0 spiro atoms. The van der Waals surface area contributed by atoms with Crippen LogP contribution in [0.2, 0.25) is 0 Å². The number of aromatic nitrogens is 3. The van der Waals surface area contributed by atoms with Crippen molar-refractivity contribution in [3.63, 3.8) is 0 Å². The fraction of sp³-hybridized carbons (Fsp3) is 0.400. The molecule has 1 saturated heterocycles. The Balaban J connectivity index is 1.68. The lowest BCUT2D eigenvalue weighted by Gasteiger charge is -2.36. The lowest BCUT2D eigenvalue weighted by Crippen LogP contribution is -2.49. The van der Waals surface area contributed by atoms with Gasteiger partial charge < -0.3 is 9.80 Å². The van der Waals surface area contributed by atoms with Gasteiger partial charge in [-0.2, -0.15) is 15.4 Å². The predicted molar refractivity (Wildman–Crippen MR) is 80.4 cm³/mol. The van der Waals surface area contributed by atoms with Crippen molar-refractivity contribution in [3.8, 4) is 0 Å². The Bertz CT molecular complexity index is 630. The highest BCUT2D eigenvalue weighted by atomic mass is 16.2. The zero-order valence-corrected chi connectivity index (χ0v) is 12.3. The number of aromatic amines is 1. The number of piperazine rings is 1. The molecule has 0 unspecified atom stereocenters. The number of nitrogens with zero attached hydrogens (tertiary/aromatic N) is 4. The number of hydrogen-bond acceptors (Lipinski definition) is 4. The molecule has 21 heavy (non-hydrogen) atoms. The van der Waals surface area contributed by atoms with E-state index >= 15 is 0 Å². The van der Waals surface area contributed by atoms with Crippen LogP contribution in [0.15, 0.2) is 24.4 Å². The number of carbonyl (C=O) groups is 1. The van der Waals surface area contributed by atoms with Gasteiger partial charge in [-0.3, -0.25) is 4.79 Å². The summed E-state index contributed by atoms with van der Waals surface area (Å²) in [4.78, 5) is 16.4. The normalized spacial score (nSPS) is 15.3. The van der Waals surface area contributed by atoms with E-state index in [1.54, 1.807) is 0 Å². The summed E-state index contributed by atoms with van der Waals surface area (Å²) in [5.74, 6) is -0.0515. The molecule has 1 aliphatic heterocycles. The van der Waals surface area contributed by atoms with Crippen molar-refractivity contribution in [2.75, 3.05) is 31.1 Å². The average molecular weight is 285 g/mol. The summed E-state index contributed by atoms with van der Waals surface area (Å²) in [6, 6.07) is 6.37. The van der Waals surface area contributed by atoms with Crippen LogP contribution in [0, 0.1) is 13.8 Å². The second kappa shape index (κ2) is 5.55. The molecule has 1 N–H and O–H groups in total. The van der Waals surface area contributed by atoms with Crippen LogP contribution in [0.1, 0.15) is 21.6 Å². The molecule has 1 fully saturated rings. The van der Waals surface area contributed by atoms with Gasteiger partial charge in [0.1, 0.15) is 0 Å². The first kappa shape index (κ1) is 13.6. The molecule has 0 atom stereocenters. The highest BCUT2D eigenvalue weighted by molar-refractivity contribution is 5.92. The number of anilines is 1. The van der Waals surface area contributed by atoms with Gasteiger partial charge in [-0.05, 0) is 31.0 Å². The van der Waals surface area contributed by atoms with E-state index in [-0.39, 0.29) is 5.91 Å². The lowest BCUT2D eigenvalue weighted by atomic mass is 10.1. The largest absolute Gasteiger partial charge is 0.368 e. The monoisotopic (exact) mass is 285 g/mol. The quantitative estimate of drug-likeness (QED) is 0.905. The zero-order chi connectivity index (χ0) is 14.8. The second-order valence-electron chi connectivity index (χ2n) is 5.35. The SMILES string of the molecule is Cc1cccc(N2CCN(C(=O)c3cn[nH]n3)CC2)c1C. The van der Waals surface area contributed by atoms with Crippen molar-refractivity contribution < 1.29 is 4.79 Å². The second-order valence-corrected chi connectivity index (χ2v) is 5.35. The zero-order valence-electron chi connectivity index (χ0n) is 12.3. The van der Waals surface area contributed by atoms with Gasteiger partial charge >= 0.3 is 0 Å². The van der Waals surface area contributed by atoms with Crippen LogP contribution in [-0.2, 0) is 0 Å². The molecular weight excluding hydrogens is 266 g/mol. The maximum absolute atomic E-state index is 12.2. The molecule has 110 valence electrons. The first-order chi connectivity index (χ1) is 10.2. The van der Waals surface area contributed by atoms with Crippen molar-refractivity contribution in [2.24, 2.45) is 0 Å². The fourth-order valence-corrected chi connectivity index (χ4v) is 2.70. The van der Waals surface area contributed by atoms with E-state index in [4.69, 9.17) is 0 Å². The number of rotatable bonds is 2. The predicted octanol–water partition coefficient (Wildman–Crippen LogP) is 1.38. The highest BCUT2D eigenvalue weighted by Gasteiger charge is 2.24. The molecule has 0 radical (unpaired) electrons. The van der Waals surface area contributed by atoms with Crippen LogP contribution in [-0.4, -0.2) is 52.4 Å². The number of hydrogen-bond donors (Lipinski definition) is 1. The minimum Gasteiger partial charge on any atom is -0.368 e. The first-order valence-electron chi connectivity index (χ1n) is 7.13. The number of carbonyl (C=O) groups excluding carboxylic acids is 1. The standard InChI is InChI=1S/C15H19N5O/c1-11-4-3-5-14(12(11)2)19-6-8-20(9-7-19)15(21)13-10-16-18-17-13/h3-5,10H,6-9H2,1-2H3,(H,16,17,18). The third-order valence-electron chi connectivity index (χ3n) is 4.12. The van der Waals surface area contributed by atoms with Gasteiger partial charge in [0.2, 0.25) is 0 Å². The topological polar surface area (TPSA) is 65.1 Å². The van der Waals surface area contributed by atoms with Gasteiger partial charge in [-0.25, -0.2) is 0 Å². The number of benzene rings is 1. The summed E-state index contributed by atoms with van der Waals surface area (Å²) in [6.07, 6.45) is 1.47. The molecule has 0 saturated carbocycles. The molecule has 6 heteroatoms. The number of H-pyrrole nitrogens is 1. The molecule has 6 nitrogen and oxygen atoms in total. The van der Waals surface area contributed by atoms with E-state index in [0.29, 0.717) is 18.8 Å². The van der Waals surface area contributed by atoms with Crippen LogP contribution in [0.5, 0.6) is 0 Å². The van der Waals surface area contributed by atoms with Crippen molar-refractivity contribution in [1.82, 2.24) is 20.3 Å². The summed E-state index contributed by atoms with van der Waals surface area (Å²) in [5.41, 5.74) is 4.26. The van der Waals surface area contributed by atoms with E-state index in [9.17, 15) is 4.79 Å². The van der Waals surface area contributed by atoms with Crippen LogP contribution >= 0.6 is 0 Å². The first-order valence-corrected chi connectivity index (χ1v) is 7.13. The van der Waals surface area contributed by atoms with Crippen molar-refractivity contribution in [2.45, 2.75) is 13.8 Å². The Morgan fingerprint density at radius 3 is 2.62 bits per heavy atom. The maximum Gasteiger partial charge on any atom is 0.276 e. The van der Waals surface area contributed by atoms with Crippen LogP contribution in [0.3, 0.4) is 0 Å². The van der Waals surface area contributed by atoms with Gasteiger partial charge in [-0.15, -0.1) is 0 Å². The number of amides is 1. The number of nitrogens with one attached hydrogen (secondary N) is 1. The molecule has 1 aromatic heterocycles. The fourth-order valence-electron chi connectivity index (χ4n) is 2.70. The van der Waals surface area contributed by atoms with Gasteiger partial charge in [0, 0.05) is 31.9 Å². The van der Waals surface area contributed by atoms with Crippen molar-refractivity contribution >= 4 is 11.6 Å². The van der Waals surface area contributed by atoms with Gasteiger partial charge in [-0.1, -0.05) is 12.1 Å². The molecule has 0 aliphatic carbocycles. The van der Waals surface area contributed by atoms with Gasteiger partial charge in [0.05, 0.1) is 6.20 Å². The Morgan fingerprint density at radius 2 is 1.95 bits per heavy atom. The van der Waals surface area contributed by atoms with E-state index in [1.165, 1.54) is 23.0 Å². The Labute approximate surface area is 123 Å². The van der Waals surface area contributed by atoms with Gasteiger partial charge in [0.25, 0.3) is 5.91 Å². The molecule has 1 amide bonds. The molecule has 1 aromatic carbocycles. The molecule has 1 aliphatic rings. The molecule has 3 rings (SSSR count). The molecule has 0 bridgehead atoms. The smallest absolute Gasteiger partial charge is 0.276 e. The van der Waals surface area contributed by atoms with E-state index in [2.05, 4.69) is 52.4 Å². The number of aryl methyl sites for hydroxylation is 1. The lowest BCUT2D eigenvalue weighted by molar-refractivity contribution is 0.0741. The minimum absolute atomic E-state index is 0.0515. The summed E-state index contributed by atoms with van der Waals surface area (Å²) < 4.78 is 0. The van der Waals surface area contributed by atoms with E-state index in [0.717, 1.165) is 13.1 Å². The van der Waals surface area contributed by atoms with E-state index < -0.39 is 0 Å². The average Bonchev–Trinajstić information content (AvgIpc) is 3.04. The molecule has 2 heterocycles. The maximum atomic E-state index is 12.2. The Morgan fingerprint density at radius 1 is 1.19 bits per heavy atom. The van der Waals surface area contributed by atoms with Crippen molar-refractivity contribution in [1.29, 1.82) is 0 Å². The third kappa shape index (κ3) is 2.61. The molecular formula is C15H19N5O. The van der Waals surface area contributed by atoms with Crippen molar-refractivity contribution in [3.05, 3.63) is 41.2 Å². The Kier molecular flexibility index (Phi) is 3.60. The van der Waals surface area contributed by atoms with Crippen LogP contribution < -0.4 is 4.90 Å². The van der Waals surface area contributed by atoms with Gasteiger partial charge in [0.15, 0.2) is 5.69 Å². The highest BCUT2D eigenvalue weighted by Crippen LogP contribution is 2.24. The summed E-state index contributed by atoms with van der Waals surface area (Å²) in [7, 11) is 0. The third-order valence-corrected chi connectivity index (χ3v) is 4.12. The van der Waals surface area contributed by atoms with E-state index in [1.807, 2.05) is 4.90 Å². The Hall–Kier alpha value is -2.37. The minimum atomic E-state index is -0.0515. The van der Waals surface area contributed by atoms with Crippen LogP contribution in [0.4, 0.5) is 5.69 Å². The molecule has 2 aromatic rings. The summed E-state index contributed by atoms with van der Waals surface area (Å²) in [5, 5.41) is 10.0.